The highest BCUT2D eigenvalue weighted by Crippen LogP contribution is 2.38. The number of hydrogen-bond donors (Lipinski definition) is 2. The van der Waals surface area contributed by atoms with Crippen molar-refractivity contribution in [2.45, 2.75) is 19.3 Å². The number of allylic oxidation sites excluding steroid dienone is 2. The summed E-state index contributed by atoms with van der Waals surface area (Å²) in [5.41, 5.74) is 5.13. The van der Waals surface area contributed by atoms with E-state index in [-0.39, 0.29) is 34.6 Å². The molecular weight excluding hydrogens is 336 g/mol. The number of anilines is 1. The van der Waals surface area contributed by atoms with Crippen LogP contribution in [0.15, 0.2) is 40.6 Å². The lowest BCUT2D eigenvalue weighted by Crippen LogP contribution is -2.29. The highest BCUT2D eigenvalue weighted by molar-refractivity contribution is 5.92. The topological polar surface area (TPSA) is 107 Å². The SMILES string of the molecule is CC(=O)/C=C/c1cn(C2OC(CO)C(=C/F)/C2=C\CF)c(=O)nc1N. The van der Waals surface area contributed by atoms with Crippen LogP contribution in [0.2, 0.25) is 0 Å². The van der Waals surface area contributed by atoms with Crippen molar-refractivity contribution in [1.29, 1.82) is 0 Å². The third-order valence-electron chi connectivity index (χ3n) is 3.58. The van der Waals surface area contributed by atoms with Crippen molar-refractivity contribution in [2.24, 2.45) is 0 Å². The van der Waals surface area contributed by atoms with Crippen LogP contribution in [0.3, 0.4) is 0 Å². The number of carbonyl (C=O) groups excluding carboxylic acids is 1. The van der Waals surface area contributed by atoms with E-state index < -0.39 is 31.3 Å². The van der Waals surface area contributed by atoms with E-state index in [0.717, 1.165) is 10.6 Å². The Hall–Kier alpha value is -2.65. The molecule has 9 heteroatoms. The van der Waals surface area contributed by atoms with Crippen LogP contribution in [0.25, 0.3) is 6.08 Å². The molecule has 0 aromatic carbocycles. The van der Waals surface area contributed by atoms with E-state index in [2.05, 4.69) is 4.98 Å². The number of ether oxygens (including phenoxy) is 1. The Kier molecular flexibility index (Phi) is 5.94. The van der Waals surface area contributed by atoms with Gasteiger partial charge in [-0.3, -0.25) is 9.36 Å². The van der Waals surface area contributed by atoms with Crippen LogP contribution < -0.4 is 11.4 Å². The summed E-state index contributed by atoms with van der Waals surface area (Å²) < 4.78 is 32.4. The molecule has 2 rings (SSSR count). The summed E-state index contributed by atoms with van der Waals surface area (Å²) in [6, 6.07) is 0. The first-order valence-electron chi connectivity index (χ1n) is 7.33. The number of carbonyl (C=O) groups is 1. The van der Waals surface area contributed by atoms with Crippen molar-refractivity contribution in [2.75, 3.05) is 19.0 Å². The van der Waals surface area contributed by atoms with Crippen molar-refractivity contribution in [3.8, 4) is 0 Å². The van der Waals surface area contributed by atoms with E-state index in [0.29, 0.717) is 0 Å². The Morgan fingerprint density at radius 2 is 2.24 bits per heavy atom. The number of aromatic nitrogens is 2. The van der Waals surface area contributed by atoms with E-state index >= 15 is 0 Å². The predicted molar refractivity (Wildman–Crippen MR) is 86.9 cm³/mol. The van der Waals surface area contributed by atoms with E-state index in [4.69, 9.17) is 10.5 Å². The second kappa shape index (κ2) is 7.95. The smallest absolute Gasteiger partial charge is 0.351 e. The number of aliphatic hydroxyl groups is 1. The Bertz CT molecular complexity index is 814. The Labute approximate surface area is 141 Å². The Morgan fingerprint density at radius 1 is 1.52 bits per heavy atom. The molecule has 1 aliphatic heterocycles. The lowest BCUT2D eigenvalue weighted by atomic mass is 10.0. The van der Waals surface area contributed by atoms with Crippen molar-refractivity contribution in [3.05, 3.63) is 51.9 Å². The molecule has 0 saturated carbocycles. The third kappa shape index (κ3) is 3.89. The Morgan fingerprint density at radius 3 is 2.80 bits per heavy atom. The summed E-state index contributed by atoms with van der Waals surface area (Å²) in [5.74, 6) is -0.344. The zero-order valence-electron chi connectivity index (χ0n) is 13.4. The maximum Gasteiger partial charge on any atom is 0.351 e. The molecule has 3 N–H and O–H groups in total. The second-order valence-electron chi connectivity index (χ2n) is 5.25. The summed E-state index contributed by atoms with van der Waals surface area (Å²) in [7, 11) is 0. The number of nitrogen functional groups attached to an aromatic ring is 1. The molecule has 1 aromatic heterocycles. The molecule has 2 heterocycles. The number of aliphatic hydroxyl groups excluding tert-OH is 1. The van der Waals surface area contributed by atoms with Gasteiger partial charge >= 0.3 is 5.69 Å². The fraction of sp³-hybridized carbons (Fsp3) is 0.312. The molecule has 0 spiro atoms. The first kappa shape index (κ1) is 18.7. The number of alkyl halides is 1. The third-order valence-corrected chi connectivity index (χ3v) is 3.58. The summed E-state index contributed by atoms with van der Waals surface area (Å²) in [6.07, 6.45) is 2.90. The lowest BCUT2D eigenvalue weighted by molar-refractivity contribution is -0.112. The molecule has 1 aliphatic rings. The zero-order valence-corrected chi connectivity index (χ0v) is 13.4. The molecule has 1 fully saturated rings. The van der Waals surface area contributed by atoms with Crippen LogP contribution in [0.1, 0.15) is 18.7 Å². The standard InChI is InChI=1S/C16H17F2N3O4/c1-9(23)2-3-10-7-21(16(24)20-14(10)19)15-11(4-5-17)12(6-18)13(8-22)25-15/h2-4,6-7,13,15,22H,5,8H2,1H3,(H2,19,20,24)/b3-2+,11-4+,12-6+. The molecule has 0 radical (unpaired) electrons. The van der Waals surface area contributed by atoms with Crippen molar-refractivity contribution in [3.63, 3.8) is 0 Å². The molecule has 134 valence electrons. The van der Waals surface area contributed by atoms with Crippen molar-refractivity contribution in [1.82, 2.24) is 9.55 Å². The largest absolute Gasteiger partial charge is 0.393 e. The van der Waals surface area contributed by atoms with E-state index in [1.54, 1.807) is 0 Å². The minimum Gasteiger partial charge on any atom is -0.393 e. The van der Waals surface area contributed by atoms with Crippen molar-refractivity contribution < 1.29 is 23.4 Å². The molecule has 1 aromatic rings. The highest BCUT2D eigenvalue weighted by atomic mass is 19.1. The molecule has 0 bridgehead atoms. The highest BCUT2D eigenvalue weighted by Gasteiger charge is 2.36. The number of ketones is 1. The number of rotatable bonds is 5. The van der Waals surface area contributed by atoms with Gasteiger partial charge < -0.3 is 15.6 Å². The Balaban J connectivity index is 2.56. The molecule has 0 aliphatic carbocycles. The van der Waals surface area contributed by atoms with E-state index in [1.807, 2.05) is 0 Å². The minimum atomic E-state index is -1.18. The monoisotopic (exact) mass is 353 g/mol. The molecule has 7 nitrogen and oxygen atoms in total. The first-order chi connectivity index (χ1) is 11.9. The van der Waals surface area contributed by atoms with Gasteiger partial charge in [-0.1, -0.05) is 0 Å². The van der Waals surface area contributed by atoms with Crippen LogP contribution in [-0.4, -0.2) is 39.8 Å². The maximum absolute atomic E-state index is 13.2. The normalized spacial score (nSPS) is 23.8. The van der Waals surface area contributed by atoms with Gasteiger partial charge in [0.15, 0.2) is 12.0 Å². The van der Waals surface area contributed by atoms with Crippen LogP contribution in [-0.2, 0) is 9.53 Å². The van der Waals surface area contributed by atoms with Gasteiger partial charge in [-0.25, -0.2) is 13.6 Å². The van der Waals surface area contributed by atoms with E-state index in [1.165, 1.54) is 25.3 Å². The number of nitrogens with zero attached hydrogens (tertiary/aromatic N) is 2. The average molecular weight is 353 g/mol. The zero-order chi connectivity index (χ0) is 18.6. The summed E-state index contributed by atoms with van der Waals surface area (Å²) in [5, 5.41) is 9.31. The summed E-state index contributed by atoms with van der Waals surface area (Å²) in [6.45, 7) is -0.133. The number of nitrogens with two attached hydrogens (primary N) is 1. The number of halogens is 2. The molecular formula is C16H17F2N3O4. The van der Waals surface area contributed by atoms with Gasteiger partial charge in [0.1, 0.15) is 18.6 Å². The molecule has 2 unspecified atom stereocenters. The van der Waals surface area contributed by atoms with E-state index in [9.17, 15) is 23.5 Å². The van der Waals surface area contributed by atoms with Crippen LogP contribution in [0.5, 0.6) is 0 Å². The van der Waals surface area contributed by atoms with Gasteiger partial charge in [0, 0.05) is 22.9 Å². The summed E-state index contributed by atoms with van der Waals surface area (Å²) >= 11 is 0. The quantitative estimate of drug-likeness (QED) is 0.767. The van der Waals surface area contributed by atoms with Gasteiger partial charge in [0.2, 0.25) is 0 Å². The average Bonchev–Trinajstić information content (AvgIpc) is 2.91. The molecule has 0 amide bonds. The van der Waals surface area contributed by atoms with Crippen LogP contribution >= 0.6 is 0 Å². The second-order valence-corrected chi connectivity index (χ2v) is 5.25. The maximum atomic E-state index is 13.2. The predicted octanol–water partition coefficient (Wildman–Crippen LogP) is 1.07. The van der Waals surface area contributed by atoms with Gasteiger partial charge in [0.05, 0.1) is 12.9 Å². The molecule has 1 saturated heterocycles. The fourth-order valence-corrected chi connectivity index (χ4v) is 2.42. The lowest BCUT2D eigenvalue weighted by Gasteiger charge is -2.16. The van der Waals surface area contributed by atoms with Gasteiger partial charge in [0.25, 0.3) is 0 Å². The van der Waals surface area contributed by atoms with Gasteiger partial charge in [-0.2, -0.15) is 4.98 Å². The fourth-order valence-electron chi connectivity index (χ4n) is 2.42. The van der Waals surface area contributed by atoms with Crippen molar-refractivity contribution >= 4 is 17.7 Å². The van der Waals surface area contributed by atoms with Crippen LogP contribution in [0.4, 0.5) is 14.6 Å². The summed E-state index contributed by atoms with van der Waals surface area (Å²) in [4.78, 5) is 26.9. The number of hydrogen-bond acceptors (Lipinski definition) is 6. The molecule has 2 atom stereocenters. The molecule has 25 heavy (non-hydrogen) atoms. The van der Waals surface area contributed by atoms with Gasteiger partial charge in [-0.15, -0.1) is 0 Å². The van der Waals surface area contributed by atoms with Crippen LogP contribution in [0, 0.1) is 0 Å². The minimum absolute atomic E-state index is 0.0605. The van der Waals surface area contributed by atoms with Gasteiger partial charge in [-0.05, 0) is 25.2 Å². The first-order valence-corrected chi connectivity index (χ1v) is 7.33.